The zero-order chi connectivity index (χ0) is 19.5. The van der Waals surface area contributed by atoms with Gasteiger partial charge in [-0.15, -0.1) is 0 Å². The Labute approximate surface area is 157 Å². The molecule has 0 fully saturated rings. The van der Waals surface area contributed by atoms with E-state index in [2.05, 4.69) is 58.9 Å². The van der Waals surface area contributed by atoms with Crippen molar-refractivity contribution < 1.29 is 4.74 Å². The summed E-state index contributed by atoms with van der Waals surface area (Å²) in [5, 5.41) is 0. The third-order valence-electron chi connectivity index (χ3n) is 3.16. The second kappa shape index (κ2) is 18.6. The second-order valence-corrected chi connectivity index (χ2v) is 5.87. The molecule has 0 saturated carbocycles. The fourth-order valence-corrected chi connectivity index (χ4v) is 1.91. The molecule has 2 rings (SSSR count). The molecule has 0 bridgehead atoms. The lowest BCUT2D eigenvalue weighted by Gasteiger charge is -2.05. The Morgan fingerprint density at radius 2 is 1.28 bits per heavy atom. The quantitative estimate of drug-likeness (QED) is 0.547. The van der Waals surface area contributed by atoms with Gasteiger partial charge < -0.3 is 4.74 Å². The van der Waals surface area contributed by atoms with E-state index >= 15 is 0 Å². The van der Waals surface area contributed by atoms with Crippen LogP contribution < -0.4 is 4.74 Å². The van der Waals surface area contributed by atoms with Gasteiger partial charge in [0.25, 0.3) is 0 Å². The van der Waals surface area contributed by atoms with E-state index in [1.165, 1.54) is 30.4 Å². The highest BCUT2D eigenvalue weighted by atomic mass is 16.5. The number of ether oxygens (including phenoxy) is 1. The lowest BCUT2D eigenvalue weighted by molar-refractivity contribution is 0.415. The highest BCUT2D eigenvalue weighted by Gasteiger charge is 1.97. The van der Waals surface area contributed by atoms with Crippen molar-refractivity contribution in [3.63, 3.8) is 0 Å². The fraction of sp³-hybridized carbons (Fsp3) is 0.500. The average Bonchev–Trinajstić information content (AvgIpc) is 2.66. The lowest BCUT2D eigenvalue weighted by Crippen LogP contribution is -1.88. The topological polar surface area (TPSA) is 9.23 Å². The minimum Gasteiger partial charge on any atom is -0.497 e. The van der Waals surface area contributed by atoms with Crippen molar-refractivity contribution in [3.8, 4) is 5.75 Å². The van der Waals surface area contributed by atoms with E-state index in [0.29, 0.717) is 5.92 Å². The van der Waals surface area contributed by atoms with Gasteiger partial charge in [-0.25, -0.2) is 0 Å². The van der Waals surface area contributed by atoms with Crippen LogP contribution in [0.3, 0.4) is 0 Å². The van der Waals surface area contributed by atoms with Crippen molar-refractivity contribution in [1.82, 2.24) is 0 Å². The molecular formula is C24H40O. The number of hydrogen-bond acceptors (Lipinski definition) is 1. The molecule has 0 unspecified atom stereocenters. The van der Waals surface area contributed by atoms with Crippen LogP contribution in [-0.4, -0.2) is 7.11 Å². The third-order valence-corrected chi connectivity index (χ3v) is 3.16. The van der Waals surface area contributed by atoms with Crippen molar-refractivity contribution in [3.05, 3.63) is 65.7 Å². The van der Waals surface area contributed by atoms with Crippen LogP contribution in [0.4, 0.5) is 0 Å². The van der Waals surface area contributed by atoms with Gasteiger partial charge >= 0.3 is 0 Å². The van der Waals surface area contributed by atoms with Gasteiger partial charge in [-0.1, -0.05) is 104 Å². The third kappa shape index (κ3) is 14.3. The predicted octanol–water partition coefficient (Wildman–Crippen LogP) is 7.90. The minimum atomic E-state index is 0.653. The Bertz CT molecular complexity index is 471. The van der Waals surface area contributed by atoms with Crippen molar-refractivity contribution in [2.45, 2.75) is 73.6 Å². The largest absolute Gasteiger partial charge is 0.497 e. The van der Waals surface area contributed by atoms with Crippen molar-refractivity contribution in [2.75, 3.05) is 7.11 Å². The van der Waals surface area contributed by atoms with Gasteiger partial charge in [0, 0.05) is 0 Å². The number of aryl methyl sites for hydroxylation is 1. The van der Waals surface area contributed by atoms with Crippen LogP contribution in [0, 0.1) is 0 Å². The SMILES string of the molecule is CC.CCC.CCCc1ccc(C(C)C)cc1.COc1ccccc1. The summed E-state index contributed by atoms with van der Waals surface area (Å²) in [6.07, 6.45) is 3.69. The first-order valence-electron chi connectivity index (χ1n) is 9.76. The molecule has 0 aromatic heterocycles. The van der Waals surface area contributed by atoms with E-state index in [-0.39, 0.29) is 0 Å². The number of rotatable bonds is 4. The zero-order valence-electron chi connectivity index (χ0n) is 17.8. The number of benzene rings is 2. The summed E-state index contributed by atoms with van der Waals surface area (Å²) < 4.78 is 4.91. The Morgan fingerprint density at radius 3 is 1.60 bits per heavy atom. The summed E-state index contributed by atoms with van der Waals surface area (Å²) in [5.41, 5.74) is 2.90. The number of methoxy groups -OCH3 is 1. The van der Waals surface area contributed by atoms with E-state index in [1.54, 1.807) is 7.11 Å². The summed E-state index contributed by atoms with van der Waals surface area (Å²) in [5.74, 6) is 1.56. The van der Waals surface area contributed by atoms with Gasteiger partial charge in [-0.3, -0.25) is 0 Å². The van der Waals surface area contributed by atoms with Crippen LogP contribution in [0.5, 0.6) is 5.75 Å². The summed E-state index contributed by atoms with van der Waals surface area (Å²) in [7, 11) is 1.66. The molecule has 142 valence electrons. The Morgan fingerprint density at radius 1 is 0.800 bits per heavy atom. The van der Waals surface area contributed by atoms with Crippen LogP contribution in [0.15, 0.2) is 54.6 Å². The fourth-order valence-electron chi connectivity index (χ4n) is 1.91. The number of para-hydroxylation sites is 1. The van der Waals surface area contributed by atoms with Gasteiger partial charge in [0.1, 0.15) is 5.75 Å². The first kappa shape index (κ1) is 25.5. The molecule has 0 spiro atoms. The Hall–Kier alpha value is -1.76. The van der Waals surface area contributed by atoms with Gasteiger partial charge in [-0.05, 0) is 35.6 Å². The molecule has 2 aromatic rings. The molecule has 25 heavy (non-hydrogen) atoms. The lowest BCUT2D eigenvalue weighted by atomic mass is 10.0. The van der Waals surface area contributed by atoms with Crippen molar-refractivity contribution >= 4 is 0 Å². The zero-order valence-corrected chi connectivity index (χ0v) is 17.8. The minimum absolute atomic E-state index is 0.653. The average molecular weight is 345 g/mol. The van der Waals surface area contributed by atoms with E-state index in [0.717, 1.165) is 5.75 Å². The molecule has 0 amide bonds. The molecule has 1 heteroatoms. The summed E-state index contributed by atoms with van der Waals surface area (Å²) in [6.45, 7) is 14.9. The van der Waals surface area contributed by atoms with Crippen LogP contribution in [0.1, 0.15) is 78.4 Å². The second-order valence-electron chi connectivity index (χ2n) is 5.87. The molecule has 0 radical (unpaired) electrons. The van der Waals surface area contributed by atoms with E-state index < -0.39 is 0 Å². The number of hydrogen-bond donors (Lipinski definition) is 0. The van der Waals surface area contributed by atoms with Crippen LogP contribution in [0.2, 0.25) is 0 Å². The summed E-state index contributed by atoms with van der Waals surface area (Å²) >= 11 is 0. The van der Waals surface area contributed by atoms with Gasteiger partial charge in [-0.2, -0.15) is 0 Å². The highest BCUT2D eigenvalue weighted by molar-refractivity contribution is 5.24. The first-order valence-corrected chi connectivity index (χ1v) is 9.76. The molecule has 0 aliphatic carbocycles. The van der Waals surface area contributed by atoms with Crippen LogP contribution >= 0.6 is 0 Å². The molecule has 0 aliphatic rings. The van der Waals surface area contributed by atoms with Gasteiger partial charge in [0.15, 0.2) is 0 Å². The van der Waals surface area contributed by atoms with E-state index in [4.69, 9.17) is 4.74 Å². The molecular weight excluding hydrogens is 304 g/mol. The predicted molar refractivity (Wildman–Crippen MR) is 115 cm³/mol. The summed E-state index contributed by atoms with van der Waals surface area (Å²) in [6, 6.07) is 18.7. The molecule has 2 aromatic carbocycles. The maximum Gasteiger partial charge on any atom is 0.118 e. The maximum absolute atomic E-state index is 4.91. The highest BCUT2D eigenvalue weighted by Crippen LogP contribution is 2.15. The van der Waals surface area contributed by atoms with Crippen molar-refractivity contribution in [1.29, 1.82) is 0 Å². The first-order chi connectivity index (χ1) is 12.1. The van der Waals surface area contributed by atoms with Crippen molar-refractivity contribution in [2.24, 2.45) is 0 Å². The Kier molecular flexibility index (Phi) is 18.9. The molecule has 0 aliphatic heterocycles. The van der Waals surface area contributed by atoms with Crippen LogP contribution in [0.25, 0.3) is 0 Å². The monoisotopic (exact) mass is 344 g/mol. The molecule has 0 saturated heterocycles. The smallest absolute Gasteiger partial charge is 0.118 e. The molecule has 0 heterocycles. The maximum atomic E-state index is 4.91. The Balaban J connectivity index is 0. The molecule has 1 nitrogen and oxygen atoms in total. The summed E-state index contributed by atoms with van der Waals surface area (Å²) in [4.78, 5) is 0. The van der Waals surface area contributed by atoms with Gasteiger partial charge in [0.05, 0.1) is 7.11 Å². The van der Waals surface area contributed by atoms with E-state index in [9.17, 15) is 0 Å². The van der Waals surface area contributed by atoms with Gasteiger partial charge in [0.2, 0.25) is 0 Å². The van der Waals surface area contributed by atoms with E-state index in [1.807, 2.05) is 44.2 Å². The standard InChI is InChI=1S/C12H18.C7H8O.C3H8.C2H6/c1-4-5-11-6-8-12(9-7-11)10(2)3;1-8-7-5-3-2-4-6-7;1-3-2;1-2/h6-10H,4-5H2,1-3H3;2-6H,1H3;3H2,1-2H3;1-2H3. The molecule has 0 N–H and O–H groups in total. The van der Waals surface area contributed by atoms with Crippen LogP contribution in [-0.2, 0) is 6.42 Å². The normalized spacial score (nSPS) is 8.84. The molecule has 0 atom stereocenters.